The van der Waals surface area contributed by atoms with Crippen molar-refractivity contribution in [2.24, 2.45) is 10.7 Å². The van der Waals surface area contributed by atoms with Gasteiger partial charge in [-0.1, -0.05) is 36.4 Å². The number of amides is 2. The first-order valence-corrected chi connectivity index (χ1v) is 13.0. The van der Waals surface area contributed by atoms with Crippen LogP contribution in [-0.2, 0) is 0 Å². The van der Waals surface area contributed by atoms with Gasteiger partial charge in [0.2, 0.25) is 0 Å². The molecule has 0 bridgehead atoms. The SMILES string of the molecule is C/N=C(/N)c1c(N)cc(C2CCN(C(=O)Nc3ccccc3)CC2)nc1-c1ccc(Oc2ccccc2)cc1. The van der Waals surface area contributed by atoms with Gasteiger partial charge in [-0.2, -0.15) is 0 Å². The second-order valence-electron chi connectivity index (χ2n) is 9.47. The minimum Gasteiger partial charge on any atom is -0.457 e. The molecule has 0 aliphatic carbocycles. The molecule has 4 aromatic rings. The van der Waals surface area contributed by atoms with Gasteiger partial charge in [-0.15, -0.1) is 0 Å². The number of anilines is 2. The van der Waals surface area contributed by atoms with Crippen molar-refractivity contribution in [1.29, 1.82) is 0 Å². The van der Waals surface area contributed by atoms with Crippen molar-refractivity contribution in [3.8, 4) is 22.8 Å². The highest BCUT2D eigenvalue weighted by Gasteiger charge is 2.27. The highest BCUT2D eigenvalue weighted by Crippen LogP contribution is 2.34. The molecule has 2 amide bonds. The fourth-order valence-corrected chi connectivity index (χ4v) is 4.79. The first kappa shape index (κ1) is 25.8. The summed E-state index contributed by atoms with van der Waals surface area (Å²) < 4.78 is 5.95. The molecule has 5 N–H and O–H groups in total. The van der Waals surface area contributed by atoms with Gasteiger partial charge in [0.25, 0.3) is 0 Å². The van der Waals surface area contributed by atoms with Gasteiger partial charge >= 0.3 is 6.03 Å². The number of nitrogens with zero attached hydrogens (tertiary/aromatic N) is 3. The number of ether oxygens (including phenoxy) is 1. The van der Waals surface area contributed by atoms with E-state index in [0.29, 0.717) is 41.6 Å². The van der Waals surface area contributed by atoms with Crippen LogP contribution in [0.25, 0.3) is 11.3 Å². The quantitative estimate of drug-likeness (QED) is 0.217. The molecule has 1 fully saturated rings. The lowest BCUT2D eigenvalue weighted by molar-refractivity contribution is 0.194. The molecule has 5 rings (SSSR count). The van der Waals surface area contributed by atoms with Crippen LogP contribution in [0.4, 0.5) is 16.2 Å². The van der Waals surface area contributed by atoms with Crippen molar-refractivity contribution in [2.75, 3.05) is 31.2 Å². The van der Waals surface area contributed by atoms with Gasteiger partial charge < -0.3 is 26.4 Å². The summed E-state index contributed by atoms with van der Waals surface area (Å²) in [5, 5.41) is 2.97. The van der Waals surface area contributed by atoms with Crippen molar-refractivity contribution in [3.63, 3.8) is 0 Å². The first-order valence-electron chi connectivity index (χ1n) is 13.0. The summed E-state index contributed by atoms with van der Waals surface area (Å²) in [6.07, 6.45) is 1.57. The molecule has 8 heteroatoms. The van der Waals surface area contributed by atoms with Gasteiger partial charge in [0.1, 0.15) is 17.3 Å². The molecular weight excluding hydrogens is 488 g/mol. The number of hydrogen-bond donors (Lipinski definition) is 3. The molecule has 3 aromatic carbocycles. The number of pyridine rings is 1. The zero-order chi connectivity index (χ0) is 27.2. The second kappa shape index (κ2) is 11.7. The molecule has 1 aromatic heterocycles. The zero-order valence-corrected chi connectivity index (χ0v) is 21.9. The van der Waals surface area contributed by atoms with Crippen LogP contribution in [0.3, 0.4) is 0 Å². The predicted molar refractivity (Wildman–Crippen MR) is 156 cm³/mol. The van der Waals surface area contributed by atoms with Crippen LogP contribution >= 0.6 is 0 Å². The van der Waals surface area contributed by atoms with Gasteiger partial charge in [0.15, 0.2) is 0 Å². The first-order chi connectivity index (χ1) is 19.0. The lowest BCUT2D eigenvalue weighted by atomic mass is 9.91. The predicted octanol–water partition coefficient (Wildman–Crippen LogP) is 5.87. The number of nitrogens with two attached hydrogens (primary N) is 2. The van der Waals surface area contributed by atoms with E-state index < -0.39 is 0 Å². The van der Waals surface area contributed by atoms with Crippen LogP contribution in [0.15, 0.2) is 96.0 Å². The summed E-state index contributed by atoms with van der Waals surface area (Å²) >= 11 is 0. The smallest absolute Gasteiger partial charge is 0.321 e. The molecule has 1 aliphatic heterocycles. The van der Waals surface area contributed by atoms with Crippen LogP contribution in [-0.4, -0.2) is 41.9 Å². The maximum atomic E-state index is 12.7. The number of urea groups is 1. The van der Waals surface area contributed by atoms with E-state index in [2.05, 4.69) is 10.3 Å². The van der Waals surface area contributed by atoms with Gasteiger partial charge in [-0.3, -0.25) is 9.98 Å². The molecule has 8 nitrogen and oxygen atoms in total. The molecule has 0 atom stereocenters. The molecule has 198 valence electrons. The van der Waals surface area contributed by atoms with Gasteiger partial charge in [-0.25, -0.2) is 4.79 Å². The number of aromatic nitrogens is 1. The highest BCUT2D eigenvalue weighted by molar-refractivity contribution is 6.07. The van der Waals surface area contributed by atoms with Crippen LogP contribution in [0.5, 0.6) is 11.5 Å². The second-order valence-corrected chi connectivity index (χ2v) is 9.47. The Bertz CT molecular complexity index is 1450. The third kappa shape index (κ3) is 6.01. The number of amidine groups is 1. The lowest BCUT2D eigenvalue weighted by Gasteiger charge is -2.32. The van der Waals surface area contributed by atoms with Crippen LogP contribution in [0.1, 0.15) is 30.0 Å². The number of piperidine rings is 1. The van der Waals surface area contributed by atoms with E-state index in [-0.39, 0.29) is 11.9 Å². The molecule has 1 aliphatic rings. The number of hydrogen-bond acceptors (Lipinski definition) is 5. The molecular formula is C31H32N6O2. The fourth-order valence-electron chi connectivity index (χ4n) is 4.79. The normalized spacial score (nSPS) is 14.2. The van der Waals surface area contributed by atoms with Crippen LogP contribution < -0.4 is 21.5 Å². The Morgan fingerprint density at radius 1 is 0.949 bits per heavy atom. The summed E-state index contributed by atoms with van der Waals surface area (Å²) in [5.74, 6) is 1.98. The van der Waals surface area contributed by atoms with E-state index in [1.54, 1.807) is 7.05 Å². The number of para-hydroxylation sites is 2. The minimum atomic E-state index is -0.0899. The third-order valence-electron chi connectivity index (χ3n) is 6.90. The van der Waals surface area contributed by atoms with Gasteiger partial charge in [0, 0.05) is 48.7 Å². The van der Waals surface area contributed by atoms with E-state index >= 15 is 0 Å². The van der Waals surface area contributed by atoms with E-state index in [9.17, 15) is 4.79 Å². The summed E-state index contributed by atoms with van der Waals surface area (Å²) in [4.78, 5) is 23.8. The lowest BCUT2D eigenvalue weighted by Crippen LogP contribution is -2.40. The molecule has 0 radical (unpaired) electrons. The third-order valence-corrected chi connectivity index (χ3v) is 6.90. The topological polar surface area (TPSA) is 119 Å². The van der Waals surface area contributed by atoms with Crippen molar-refractivity contribution >= 4 is 23.2 Å². The number of benzene rings is 3. The van der Waals surface area contributed by atoms with Crippen molar-refractivity contribution in [1.82, 2.24) is 9.88 Å². The number of nitrogens with one attached hydrogen (secondary N) is 1. The minimum absolute atomic E-state index is 0.0899. The molecule has 39 heavy (non-hydrogen) atoms. The fraction of sp³-hybridized carbons (Fsp3) is 0.194. The van der Waals surface area contributed by atoms with E-state index in [1.165, 1.54) is 0 Å². The van der Waals surface area contributed by atoms with Crippen molar-refractivity contribution in [2.45, 2.75) is 18.8 Å². The summed E-state index contributed by atoms with van der Waals surface area (Å²) in [6, 6.07) is 28.6. The number of likely N-dealkylation sites (tertiary alicyclic amines) is 1. The van der Waals surface area contributed by atoms with E-state index in [4.69, 9.17) is 21.2 Å². The Labute approximate surface area is 228 Å². The summed E-state index contributed by atoms with van der Waals surface area (Å²) in [5.41, 5.74) is 17.2. The molecule has 0 unspecified atom stereocenters. The maximum absolute atomic E-state index is 12.7. The average Bonchev–Trinajstić information content (AvgIpc) is 2.98. The number of nitrogen functional groups attached to an aromatic ring is 1. The van der Waals surface area contributed by atoms with Gasteiger partial charge in [0.05, 0.1) is 11.3 Å². The molecule has 2 heterocycles. The molecule has 1 saturated heterocycles. The summed E-state index contributed by atoms with van der Waals surface area (Å²) in [6.45, 7) is 1.26. The van der Waals surface area contributed by atoms with Crippen molar-refractivity contribution < 1.29 is 9.53 Å². The highest BCUT2D eigenvalue weighted by atomic mass is 16.5. The number of aliphatic imine (C=N–C) groups is 1. The van der Waals surface area contributed by atoms with E-state index in [0.717, 1.165) is 35.5 Å². The number of carbonyl (C=O) groups is 1. The molecule has 0 spiro atoms. The Morgan fingerprint density at radius 2 is 1.56 bits per heavy atom. The van der Waals surface area contributed by atoms with Gasteiger partial charge in [-0.05, 0) is 67.4 Å². The zero-order valence-electron chi connectivity index (χ0n) is 21.9. The standard InChI is InChI=1S/C31H32N6O2/c1-34-30(33)28-26(32)20-27(21-16-18-37(19-17-21)31(38)35-23-8-4-2-5-9-23)36-29(28)22-12-14-25(15-13-22)39-24-10-6-3-7-11-24/h2-15,20-21H,16-19H2,1H3,(H2,32,36)(H2,33,34)(H,35,38). The number of rotatable bonds is 6. The Kier molecular flexibility index (Phi) is 7.73. The Hall–Kier alpha value is -4.85. The molecule has 0 saturated carbocycles. The Balaban J connectivity index is 1.35. The largest absolute Gasteiger partial charge is 0.457 e. The monoisotopic (exact) mass is 520 g/mol. The summed E-state index contributed by atoms with van der Waals surface area (Å²) in [7, 11) is 1.64. The maximum Gasteiger partial charge on any atom is 0.321 e. The number of carbonyl (C=O) groups excluding carboxylic acids is 1. The average molecular weight is 521 g/mol. The van der Waals surface area contributed by atoms with Crippen LogP contribution in [0.2, 0.25) is 0 Å². The Morgan fingerprint density at radius 3 is 2.21 bits per heavy atom. The van der Waals surface area contributed by atoms with E-state index in [1.807, 2.05) is 95.9 Å². The van der Waals surface area contributed by atoms with Crippen molar-refractivity contribution in [3.05, 3.63) is 102 Å². The van der Waals surface area contributed by atoms with Crippen LogP contribution in [0, 0.1) is 0 Å².